The molecule has 0 heteroatoms. The zero-order valence-electron chi connectivity index (χ0n) is 17.7. The molecule has 0 saturated heterocycles. The second-order valence-electron chi connectivity index (χ2n) is 10.8. The summed E-state index contributed by atoms with van der Waals surface area (Å²) in [5.41, 5.74) is 8.10. The minimum Gasteiger partial charge on any atom is -0.0673 e. The molecule has 3 aliphatic rings. The fourth-order valence-corrected chi connectivity index (χ4v) is 7.99. The molecule has 4 unspecified atom stereocenters. The molecule has 0 aromatic rings. The van der Waals surface area contributed by atoms with Crippen molar-refractivity contribution in [2.45, 2.75) is 89.5 Å². The number of fused-ring (bicyclic) bond motifs is 3. The van der Waals surface area contributed by atoms with Crippen LogP contribution in [-0.2, 0) is 0 Å². The standard InChI is InChI=1S/C23H38/c1-14-15(2)22(11)16(3)17(4)23(12)19(7,8)21(22,10)13-20(23,9)18(14,5)6/h13H2,1-12H3. The molecule has 0 amide bonds. The van der Waals surface area contributed by atoms with Gasteiger partial charge in [0.25, 0.3) is 0 Å². The molecule has 0 aromatic carbocycles. The van der Waals surface area contributed by atoms with E-state index in [0.717, 1.165) is 0 Å². The van der Waals surface area contributed by atoms with Gasteiger partial charge in [0.15, 0.2) is 0 Å². The normalized spacial score (nSPS) is 50.6. The van der Waals surface area contributed by atoms with Gasteiger partial charge in [0.1, 0.15) is 0 Å². The fourth-order valence-electron chi connectivity index (χ4n) is 7.99. The van der Waals surface area contributed by atoms with E-state index in [4.69, 9.17) is 0 Å². The van der Waals surface area contributed by atoms with Crippen LogP contribution in [0.1, 0.15) is 89.5 Å². The van der Waals surface area contributed by atoms with Crippen molar-refractivity contribution in [2.24, 2.45) is 32.5 Å². The first-order chi connectivity index (χ1) is 10.1. The van der Waals surface area contributed by atoms with Crippen molar-refractivity contribution < 1.29 is 0 Å². The van der Waals surface area contributed by atoms with Gasteiger partial charge in [0.2, 0.25) is 0 Å². The summed E-state index contributed by atoms with van der Waals surface area (Å²) in [6.07, 6.45) is 1.32. The van der Waals surface area contributed by atoms with Crippen LogP contribution in [-0.4, -0.2) is 0 Å². The molecule has 0 aliphatic heterocycles. The van der Waals surface area contributed by atoms with Gasteiger partial charge in [-0.1, -0.05) is 77.7 Å². The minimum atomic E-state index is 0.176. The smallest absolute Gasteiger partial charge is 0.0151 e. The molecule has 0 radical (unpaired) electrons. The molecule has 0 nitrogen and oxygen atoms in total. The predicted octanol–water partition coefficient (Wildman–Crippen LogP) is 7.17. The highest BCUT2D eigenvalue weighted by molar-refractivity contribution is 5.52. The number of rotatable bonds is 0. The van der Waals surface area contributed by atoms with Crippen LogP contribution in [0.3, 0.4) is 0 Å². The van der Waals surface area contributed by atoms with Crippen LogP contribution in [0.5, 0.6) is 0 Å². The van der Waals surface area contributed by atoms with E-state index in [1.54, 1.807) is 22.3 Å². The fraction of sp³-hybridized carbons (Fsp3) is 0.826. The Hall–Kier alpha value is -0.520. The van der Waals surface area contributed by atoms with E-state index in [1.165, 1.54) is 6.42 Å². The zero-order valence-corrected chi connectivity index (χ0v) is 17.7. The lowest BCUT2D eigenvalue weighted by Crippen LogP contribution is -2.59. The summed E-state index contributed by atoms with van der Waals surface area (Å²) in [7, 11) is 0. The molecule has 0 aromatic heterocycles. The lowest BCUT2D eigenvalue weighted by molar-refractivity contribution is -0.0738. The molecule has 3 rings (SSSR count). The van der Waals surface area contributed by atoms with Crippen LogP contribution in [0.2, 0.25) is 0 Å². The molecule has 3 aliphatic carbocycles. The molecule has 130 valence electrons. The van der Waals surface area contributed by atoms with Gasteiger partial charge in [-0.15, -0.1) is 0 Å². The maximum absolute atomic E-state index is 2.60. The number of allylic oxidation sites excluding steroid dienone is 4. The highest BCUT2D eigenvalue weighted by atomic mass is 14.8. The Balaban J connectivity index is 2.64. The van der Waals surface area contributed by atoms with Crippen molar-refractivity contribution in [3.8, 4) is 0 Å². The summed E-state index contributed by atoms with van der Waals surface area (Å²) in [4.78, 5) is 0. The minimum absolute atomic E-state index is 0.176. The largest absolute Gasteiger partial charge is 0.0673 e. The Morgan fingerprint density at radius 2 is 1.00 bits per heavy atom. The summed E-state index contributed by atoms with van der Waals surface area (Å²) < 4.78 is 0. The van der Waals surface area contributed by atoms with E-state index in [9.17, 15) is 0 Å². The zero-order chi connectivity index (χ0) is 18.0. The van der Waals surface area contributed by atoms with Crippen molar-refractivity contribution in [1.82, 2.24) is 0 Å². The molecular formula is C23H38. The summed E-state index contributed by atoms with van der Waals surface area (Å²) in [5, 5.41) is 0. The molecular weight excluding hydrogens is 276 g/mol. The maximum atomic E-state index is 2.60. The third kappa shape index (κ3) is 1.20. The molecule has 3 bridgehead atoms. The van der Waals surface area contributed by atoms with Gasteiger partial charge >= 0.3 is 0 Å². The third-order valence-corrected chi connectivity index (χ3v) is 11.2. The van der Waals surface area contributed by atoms with Gasteiger partial charge in [-0.25, -0.2) is 0 Å². The predicted molar refractivity (Wildman–Crippen MR) is 101 cm³/mol. The Bertz CT molecular complexity index is 670. The van der Waals surface area contributed by atoms with E-state index < -0.39 is 0 Å². The first-order valence-corrected chi connectivity index (χ1v) is 9.46. The Kier molecular flexibility index (Phi) is 2.88. The van der Waals surface area contributed by atoms with E-state index in [1.807, 2.05) is 0 Å². The second-order valence-corrected chi connectivity index (χ2v) is 10.8. The lowest BCUT2D eigenvalue weighted by Gasteiger charge is -2.66. The van der Waals surface area contributed by atoms with Crippen LogP contribution in [0.25, 0.3) is 0 Å². The van der Waals surface area contributed by atoms with Gasteiger partial charge in [-0.3, -0.25) is 0 Å². The Morgan fingerprint density at radius 1 is 0.565 bits per heavy atom. The van der Waals surface area contributed by atoms with Crippen LogP contribution in [0.4, 0.5) is 0 Å². The molecule has 0 N–H and O–H groups in total. The Morgan fingerprint density at radius 3 is 1.48 bits per heavy atom. The van der Waals surface area contributed by atoms with Crippen molar-refractivity contribution in [1.29, 1.82) is 0 Å². The van der Waals surface area contributed by atoms with Crippen molar-refractivity contribution >= 4 is 0 Å². The van der Waals surface area contributed by atoms with Crippen LogP contribution >= 0.6 is 0 Å². The monoisotopic (exact) mass is 314 g/mol. The van der Waals surface area contributed by atoms with E-state index in [2.05, 4.69) is 83.1 Å². The first-order valence-electron chi connectivity index (χ1n) is 9.46. The van der Waals surface area contributed by atoms with Gasteiger partial charge in [-0.05, 0) is 55.8 Å². The van der Waals surface area contributed by atoms with E-state index in [-0.39, 0.29) is 27.1 Å². The maximum Gasteiger partial charge on any atom is 0.0151 e. The summed E-state index contributed by atoms with van der Waals surface area (Å²) in [6.45, 7) is 30.3. The topological polar surface area (TPSA) is 0 Å². The summed E-state index contributed by atoms with van der Waals surface area (Å²) >= 11 is 0. The summed E-state index contributed by atoms with van der Waals surface area (Å²) in [6, 6.07) is 0. The molecule has 0 heterocycles. The molecule has 1 saturated carbocycles. The quantitative estimate of drug-likeness (QED) is 0.416. The highest BCUT2D eigenvalue weighted by Gasteiger charge is 2.79. The van der Waals surface area contributed by atoms with E-state index in [0.29, 0.717) is 5.41 Å². The number of hydrogen-bond acceptors (Lipinski definition) is 0. The van der Waals surface area contributed by atoms with Gasteiger partial charge in [0.05, 0.1) is 0 Å². The van der Waals surface area contributed by atoms with Crippen LogP contribution in [0, 0.1) is 32.5 Å². The van der Waals surface area contributed by atoms with Crippen LogP contribution in [0.15, 0.2) is 22.3 Å². The molecule has 1 fully saturated rings. The molecule has 4 atom stereocenters. The average Bonchev–Trinajstić information content (AvgIpc) is 2.55. The SMILES string of the molecule is CC1=C(C)C2(C)C(C)=C(C)C3(C)C(C)(C)C2(C)CC3(C)C1(C)C. The number of hydrogen-bond donors (Lipinski definition) is 0. The van der Waals surface area contributed by atoms with Gasteiger partial charge in [0, 0.05) is 10.8 Å². The Labute approximate surface area is 144 Å². The molecule has 0 spiro atoms. The van der Waals surface area contributed by atoms with Gasteiger partial charge < -0.3 is 0 Å². The highest BCUT2D eigenvalue weighted by Crippen LogP contribution is 2.87. The van der Waals surface area contributed by atoms with Crippen molar-refractivity contribution in [3.63, 3.8) is 0 Å². The second kappa shape index (κ2) is 3.83. The van der Waals surface area contributed by atoms with Crippen molar-refractivity contribution in [3.05, 3.63) is 22.3 Å². The van der Waals surface area contributed by atoms with Crippen LogP contribution < -0.4 is 0 Å². The first kappa shape index (κ1) is 17.3. The third-order valence-electron chi connectivity index (χ3n) is 11.2. The molecule has 23 heavy (non-hydrogen) atoms. The lowest BCUT2D eigenvalue weighted by atomic mass is 9.37. The van der Waals surface area contributed by atoms with Crippen molar-refractivity contribution in [2.75, 3.05) is 0 Å². The van der Waals surface area contributed by atoms with Gasteiger partial charge in [-0.2, -0.15) is 0 Å². The summed E-state index contributed by atoms with van der Waals surface area (Å²) in [5.74, 6) is 0. The van der Waals surface area contributed by atoms with E-state index >= 15 is 0 Å². The average molecular weight is 315 g/mol.